The van der Waals surface area contributed by atoms with Crippen LogP contribution >= 0.6 is 0 Å². The lowest BCUT2D eigenvalue weighted by molar-refractivity contribution is -0.156. The van der Waals surface area contributed by atoms with E-state index >= 15 is 0 Å². The highest BCUT2D eigenvalue weighted by Gasteiger charge is 2.23. The fourth-order valence-electron chi connectivity index (χ4n) is 1.59. The van der Waals surface area contributed by atoms with Crippen LogP contribution in [0, 0.1) is 6.92 Å². The first kappa shape index (κ1) is 12.8. The van der Waals surface area contributed by atoms with Crippen LogP contribution in [0.2, 0.25) is 0 Å². The first-order chi connectivity index (χ1) is 7.31. The quantitative estimate of drug-likeness (QED) is 0.714. The molecule has 1 atom stereocenters. The zero-order chi connectivity index (χ0) is 12.3. The van der Waals surface area contributed by atoms with Gasteiger partial charge in [-0.1, -0.05) is 24.3 Å². The minimum Gasteiger partial charge on any atom is -0.460 e. The molecule has 0 amide bonds. The van der Waals surface area contributed by atoms with E-state index in [0.717, 1.165) is 11.1 Å². The smallest absolute Gasteiger partial charge is 0.313 e. The Balaban J connectivity index is 2.83. The molecule has 1 rings (SSSR count). The third kappa shape index (κ3) is 3.37. The molecule has 2 heteroatoms. The highest BCUT2D eigenvalue weighted by Crippen LogP contribution is 2.22. The van der Waals surface area contributed by atoms with Crippen molar-refractivity contribution in [2.75, 3.05) is 0 Å². The molecule has 88 valence electrons. The van der Waals surface area contributed by atoms with Crippen LogP contribution in [0.25, 0.3) is 0 Å². The number of ether oxygens (including phenoxy) is 1. The predicted molar refractivity (Wildman–Crippen MR) is 65.4 cm³/mol. The lowest BCUT2D eigenvalue weighted by Crippen LogP contribution is -2.27. The number of carbonyl (C=O) groups is 1. The molecule has 0 bridgehead atoms. The van der Waals surface area contributed by atoms with E-state index in [1.165, 1.54) is 0 Å². The number of aryl methyl sites for hydroxylation is 1. The molecule has 0 spiro atoms. The van der Waals surface area contributed by atoms with E-state index in [4.69, 9.17) is 4.74 Å². The zero-order valence-electron chi connectivity index (χ0n) is 10.7. The highest BCUT2D eigenvalue weighted by molar-refractivity contribution is 5.78. The maximum Gasteiger partial charge on any atom is 0.313 e. The summed E-state index contributed by atoms with van der Waals surface area (Å²) >= 11 is 0. The van der Waals surface area contributed by atoms with Crippen molar-refractivity contribution in [3.8, 4) is 0 Å². The van der Waals surface area contributed by atoms with Gasteiger partial charge in [0.2, 0.25) is 0 Å². The van der Waals surface area contributed by atoms with Crippen LogP contribution in [0.4, 0.5) is 0 Å². The van der Waals surface area contributed by atoms with Crippen molar-refractivity contribution in [2.24, 2.45) is 0 Å². The van der Waals surface area contributed by atoms with Gasteiger partial charge in [-0.2, -0.15) is 0 Å². The summed E-state index contributed by atoms with van der Waals surface area (Å²) < 4.78 is 5.37. The molecule has 16 heavy (non-hydrogen) atoms. The van der Waals surface area contributed by atoms with Crippen molar-refractivity contribution in [3.05, 3.63) is 35.4 Å². The molecular formula is C14H20O2. The van der Waals surface area contributed by atoms with Gasteiger partial charge in [-0.15, -0.1) is 0 Å². The van der Waals surface area contributed by atoms with Crippen LogP contribution in [0.5, 0.6) is 0 Å². The van der Waals surface area contributed by atoms with Gasteiger partial charge in [0.05, 0.1) is 5.92 Å². The molecule has 2 nitrogen and oxygen atoms in total. The molecule has 1 unspecified atom stereocenters. The summed E-state index contributed by atoms with van der Waals surface area (Å²) in [6, 6.07) is 7.91. The Labute approximate surface area is 97.6 Å². The Morgan fingerprint density at radius 2 is 1.81 bits per heavy atom. The maximum atomic E-state index is 11.9. The van der Waals surface area contributed by atoms with Gasteiger partial charge in [0.1, 0.15) is 5.60 Å². The average molecular weight is 220 g/mol. The maximum absolute atomic E-state index is 11.9. The van der Waals surface area contributed by atoms with E-state index in [-0.39, 0.29) is 11.9 Å². The Kier molecular flexibility index (Phi) is 3.74. The van der Waals surface area contributed by atoms with Gasteiger partial charge in [-0.05, 0) is 45.7 Å². The Morgan fingerprint density at radius 3 is 2.31 bits per heavy atom. The Morgan fingerprint density at radius 1 is 1.25 bits per heavy atom. The SMILES string of the molecule is Cc1ccccc1C(C)C(=O)OC(C)(C)C. The second kappa shape index (κ2) is 4.69. The number of hydrogen-bond acceptors (Lipinski definition) is 2. The topological polar surface area (TPSA) is 26.3 Å². The Hall–Kier alpha value is -1.31. The van der Waals surface area contributed by atoms with Crippen molar-refractivity contribution >= 4 is 5.97 Å². The van der Waals surface area contributed by atoms with Crippen molar-refractivity contribution in [2.45, 2.75) is 46.1 Å². The summed E-state index contributed by atoms with van der Waals surface area (Å²) in [5.41, 5.74) is 1.74. The lowest BCUT2D eigenvalue weighted by atomic mass is 9.96. The van der Waals surface area contributed by atoms with E-state index in [9.17, 15) is 4.79 Å². The van der Waals surface area contributed by atoms with Crippen LogP contribution in [0.15, 0.2) is 24.3 Å². The van der Waals surface area contributed by atoms with Gasteiger partial charge in [0.15, 0.2) is 0 Å². The molecule has 0 aliphatic carbocycles. The van der Waals surface area contributed by atoms with Gasteiger partial charge >= 0.3 is 5.97 Å². The molecule has 0 saturated carbocycles. The van der Waals surface area contributed by atoms with Gasteiger partial charge in [0.25, 0.3) is 0 Å². The Bertz CT molecular complexity index is 375. The monoisotopic (exact) mass is 220 g/mol. The van der Waals surface area contributed by atoms with Crippen LogP contribution in [-0.2, 0) is 9.53 Å². The summed E-state index contributed by atoms with van der Waals surface area (Å²) in [5.74, 6) is -0.373. The van der Waals surface area contributed by atoms with E-state index < -0.39 is 5.60 Å². The highest BCUT2D eigenvalue weighted by atomic mass is 16.6. The van der Waals surface area contributed by atoms with Crippen molar-refractivity contribution in [3.63, 3.8) is 0 Å². The minimum absolute atomic E-state index is 0.165. The fraction of sp³-hybridized carbons (Fsp3) is 0.500. The number of esters is 1. The molecule has 0 aromatic heterocycles. The first-order valence-corrected chi connectivity index (χ1v) is 5.59. The normalized spacial score (nSPS) is 13.3. The molecule has 0 saturated heterocycles. The van der Waals surface area contributed by atoms with Crippen molar-refractivity contribution in [1.82, 2.24) is 0 Å². The first-order valence-electron chi connectivity index (χ1n) is 5.59. The third-order valence-corrected chi connectivity index (χ3v) is 2.42. The molecule has 0 fully saturated rings. The average Bonchev–Trinajstić information content (AvgIpc) is 2.15. The van der Waals surface area contributed by atoms with Crippen molar-refractivity contribution < 1.29 is 9.53 Å². The van der Waals surface area contributed by atoms with Crippen molar-refractivity contribution in [1.29, 1.82) is 0 Å². The van der Waals surface area contributed by atoms with E-state index in [1.54, 1.807) is 0 Å². The predicted octanol–water partition coefficient (Wildman–Crippen LogP) is 3.44. The molecule has 0 radical (unpaired) electrons. The molecule has 0 N–H and O–H groups in total. The van der Waals surface area contributed by atoms with Gasteiger partial charge in [-0.25, -0.2) is 0 Å². The summed E-state index contributed by atoms with van der Waals surface area (Å²) in [4.78, 5) is 11.9. The van der Waals surface area contributed by atoms with E-state index in [2.05, 4.69) is 0 Å². The van der Waals surface area contributed by atoms with Crippen LogP contribution in [0.3, 0.4) is 0 Å². The number of carbonyl (C=O) groups excluding carboxylic acids is 1. The van der Waals surface area contributed by atoms with Crippen LogP contribution in [0.1, 0.15) is 44.7 Å². The molecule has 0 heterocycles. The number of rotatable bonds is 2. The summed E-state index contributed by atoms with van der Waals surface area (Å²) in [6.07, 6.45) is 0. The number of benzene rings is 1. The second-order valence-corrected chi connectivity index (χ2v) is 5.11. The molecule has 1 aromatic rings. The molecule has 0 aliphatic heterocycles. The second-order valence-electron chi connectivity index (χ2n) is 5.11. The number of hydrogen-bond donors (Lipinski definition) is 0. The minimum atomic E-state index is -0.423. The van der Waals surface area contributed by atoms with Gasteiger partial charge < -0.3 is 4.74 Å². The fourth-order valence-corrected chi connectivity index (χ4v) is 1.59. The standard InChI is InChI=1S/C14H20O2/c1-10-8-6-7-9-12(10)11(2)13(15)16-14(3,4)5/h6-9,11H,1-5H3. The summed E-state index contributed by atoms with van der Waals surface area (Å²) in [6.45, 7) is 9.55. The zero-order valence-corrected chi connectivity index (χ0v) is 10.7. The van der Waals surface area contributed by atoms with Crippen LogP contribution in [-0.4, -0.2) is 11.6 Å². The molecular weight excluding hydrogens is 200 g/mol. The summed E-state index contributed by atoms with van der Waals surface area (Å²) in [5, 5.41) is 0. The largest absolute Gasteiger partial charge is 0.460 e. The molecule has 1 aromatic carbocycles. The van der Waals surface area contributed by atoms with Gasteiger partial charge in [0, 0.05) is 0 Å². The van der Waals surface area contributed by atoms with Crippen LogP contribution < -0.4 is 0 Å². The van der Waals surface area contributed by atoms with E-state index in [0.29, 0.717) is 0 Å². The lowest BCUT2D eigenvalue weighted by Gasteiger charge is -2.23. The van der Waals surface area contributed by atoms with E-state index in [1.807, 2.05) is 58.9 Å². The summed E-state index contributed by atoms with van der Waals surface area (Å²) in [7, 11) is 0. The molecule has 0 aliphatic rings. The van der Waals surface area contributed by atoms with Gasteiger partial charge in [-0.3, -0.25) is 4.79 Å². The third-order valence-electron chi connectivity index (χ3n) is 2.42.